The molecule has 2 aromatic rings. The van der Waals surface area contributed by atoms with Crippen molar-refractivity contribution in [3.63, 3.8) is 0 Å². The number of hydrogen-bond donors (Lipinski definition) is 1. The number of hydrogen-bond acceptors (Lipinski definition) is 3. The van der Waals surface area contributed by atoms with Crippen LogP contribution in [-0.4, -0.2) is 6.61 Å². The molecular weight excluding hydrogens is 334 g/mol. The van der Waals surface area contributed by atoms with E-state index in [1.54, 1.807) is 0 Å². The topological polar surface area (TPSA) is 44.5 Å². The Bertz CT molecular complexity index is 642. The van der Waals surface area contributed by atoms with Gasteiger partial charge in [-0.1, -0.05) is 49.2 Å². The highest BCUT2D eigenvalue weighted by Crippen LogP contribution is 2.37. The Morgan fingerprint density at radius 3 is 2.40 bits per heavy atom. The van der Waals surface area contributed by atoms with Crippen LogP contribution in [0.4, 0.5) is 0 Å². The monoisotopic (exact) mass is 361 g/mol. The van der Waals surface area contributed by atoms with Crippen molar-refractivity contribution in [3.05, 3.63) is 59.7 Å². The summed E-state index contributed by atoms with van der Waals surface area (Å²) in [6.07, 6.45) is 5.07. The molecular formula is C21H28ClNO2. The molecule has 1 aliphatic rings. The number of benzene rings is 2. The third kappa shape index (κ3) is 5.13. The van der Waals surface area contributed by atoms with Crippen molar-refractivity contribution < 1.29 is 9.47 Å². The molecule has 1 aliphatic carbocycles. The number of halogens is 1. The highest BCUT2D eigenvalue weighted by atomic mass is 35.5. The Morgan fingerprint density at radius 2 is 1.72 bits per heavy atom. The first kappa shape index (κ1) is 19.6. The quantitative estimate of drug-likeness (QED) is 0.730. The summed E-state index contributed by atoms with van der Waals surface area (Å²) in [5.41, 5.74) is 8.78. The molecule has 0 bridgehead atoms. The summed E-state index contributed by atoms with van der Waals surface area (Å²) in [6.45, 7) is 3.14. The van der Waals surface area contributed by atoms with Crippen molar-refractivity contribution in [2.24, 2.45) is 11.7 Å². The molecule has 2 aromatic carbocycles. The predicted octanol–water partition coefficient (Wildman–Crippen LogP) is 5.28. The maximum Gasteiger partial charge on any atom is 0.161 e. The van der Waals surface area contributed by atoms with E-state index >= 15 is 0 Å². The van der Waals surface area contributed by atoms with E-state index in [2.05, 4.69) is 24.3 Å². The normalized spacial score (nSPS) is 15.4. The second kappa shape index (κ2) is 9.69. The lowest BCUT2D eigenvalue weighted by Gasteiger charge is -2.21. The zero-order valence-corrected chi connectivity index (χ0v) is 15.6. The van der Waals surface area contributed by atoms with Crippen molar-refractivity contribution in [2.75, 3.05) is 6.61 Å². The molecule has 0 aromatic heterocycles. The Labute approximate surface area is 156 Å². The van der Waals surface area contributed by atoms with E-state index in [1.807, 2.05) is 31.2 Å². The Hall–Kier alpha value is -1.71. The second-order valence-electron chi connectivity index (χ2n) is 6.48. The SMILES string of the molecule is CCOc1cc([C@H](N)C2CCCC2)ccc1OCc1ccccc1.Cl. The highest BCUT2D eigenvalue weighted by Gasteiger charge is 2.24. The summed E-state index contributed by atoms with van der Waals surface area (Å²) < 4.78 is 11.8. The van der Waals surface area contributed by atoms with Gasteiger partial charge in [0.2, 0.25) is 0 Å². The molecule has 1 fully saturated rings. The molecule has 2 N–H and O–H groups in total. The summed E-state index contributed by atoms with van der Waals surface area (Å²) in [6, 6.07) is 16.4. The first-order valence-corrected chi connectivity index (χ1v) is 8.97. The van der Waals surface area contributed by atoms with Crippen molar-refractivity contribution in [1.82, 2.24) is 0 Å². The lowest BCUT2D eigenvalue weighted by molar-refractivity contribution is 0.268. The first-order valence-electron chi connectivity index (χ1n) is 8.97. The summed E-state index contributed by atoms with van der Waals surface area (Å²) in [4.78, 5) is 0. The molecule has 3 rings (SSSR count). The minimum Gasteiger partial charge on any atom is -0.490 e. The molecule has 25 heavy (non-hydrogen) atoms. The van der Waals surface area contributed by atoms with Gasteiger partial charge in [-0.3, -0.25) is 0 Å². The van der Waals surface area contributed by atoms with Crippen molar-refractivity contribution in [1.29, 1.82) is 0 Å². The maximum absolute atomic E-state index is 6.48. The fraction of sp³-hybridized carbons (Fsp3) is 0.429. The predicted molar refractivity (Wildman–Crippen MR) is 105 cm³/mol. The Morgan fingerprint density at radius 1 is 1.00 bits per heavy atom. The van der Waals surface area contributed by atoms with Crippen LogP contribution < -0.4 is 15.2 Å². The van der Waals surface area contributed by atoms with Crippen molar-refractivity contribution in [3.8, 4) is 11.5 Å². The largest absolute Gasteiger partial charge is 0.490 e. The molecule has 0 saturated heterocycles. The summed E-state index contributed by atoms with van der Waals surface area (Å²) in [5, 5.41) is 0. The molecule has 0 heterocycles. The second-order valence-corrected chi connectivity index (χ2v) is 6.48. The molecule has 0 aliphatic heterocycles. The van der Waals surface area contributed by atoms with Gasteiger partial charge in [-0.15, -0.1) is 12.4 Å². The molecule has 1 saturated carbocycles. The zero-order valence-electron chi connectivity index (χ0n) is 14.8. The third-order valence-electron chi connectivity index (χ3n) is 4.80. The van der Waals surface area contributed by atoms with E-state index in [1.165, 1.54) is 25.7 Å². The zero-order chi connectivity index (χ0) is 16.8. The van der Waals surface area contributed by atoms with Crippen molar-refractivity contribution >= 4 is 12.4 Å². The van der Waals surface area contributed by atoms with E-state index in [0.29, 0.717) is 19.1 Å². The smallest absolute Gasteiger partial charge is 0.161 e. The summed E-state index contributed by atoms with van der Waals surface area (Å²) >= 11 is 0. The lowest BCUT2D eigenvalue weighted by atomic mass is 9.92. The van der Waals surface area contributed by atoms with Gasteiger partial charge in [0.05, 0.1) is 6.61 Å². The molecule has 0 unspecified atom stereocenters. The van der Waals surface area contributed by atoms with Crippen LogP contribution in [-0.2, 0) is 6.61 Å². The summed E-state index contributed by atoms with van der Waals surface area (Å²) in [7, 11) is 0. The molecule has 0 spiro atoms. The molecule has 3 nitrogen and oxygen atoms in total. The fourth-order valence-corrected chi connectivity index (χ4v) is 3.44. The van der Waals surface area contributed by atoms with Gasteiger partial charge >= 0.3 is 0 Å². The molecule has 4 heteroatoms. The van der Waals surface area contributed by atoms with Crippen LogP contribution in [0.2, 0.25) is 0 Å². The van der Waals surface area contributed by atoms with Crippen LogP contribution in [0.5, 0.6) is 11.5 Å². The fourth-order valence-electron chi connectivity index (χ4n) is 3.44. The lowest BCUT2D eigenvalue weighted by Crippen LogP contribution is -2.19. The van der Waals surface area contributed by atoms with Gasteiger partial charge < -0.3 is 15.2 Å². The third-order valence-corrected chi connectivity index (χ3v) is 4.80. The molecule has 136 valence electrons. The minimum absolute atomic E-state index is 0. The van der Waals surface area contributed by atoms with Crippen LogP contribution in [0.3, 0.4) is 0 Å². The Kier molecular flexibility index (Phi) is 7.60. The number of ether oxygens (including phenoxy) is 2. The van der Waals surface area contributed by atoms with E-state index in [0.717, 1.165) is 22.6 Å². The van der Waals surface area contributed by atoms with Crippen LogP contribution in [0.15, 0.2) is 48.5 Å². The molecule has 0 radical (unpaired) electrons. The number of rotatable bonds is 7. The number of nitrogens with two attached hydrogens (primary N) is 1. The minimum atomic E-state index is 0. The maximum atomic E-state index is 6.48. The standard InChI is InChI=1S/C21H27NO2.ClH/c1-2-23-20-14-18(21(22)17-10-6-7-11-17)12-13-19(20)24-15-16-8-4-3-5-9-16;/h3-5,8-9,12-14,17,21H,2,6-7,10-11,15,22H2,1H3;1H/t21-;/m1./s1. The van der Waals surface area contributed by atoms with Gasteiger partial charge in [0.25, 0.3) is 0 Å². The van der Waals surface area contributed by atoms with E-state index < -0.39 is 0 Å². The van der Waals surface area contributed by atoms with E-state index in [9.17, 15) is 0 Å². The van der Waals surface area contributed by atoms with Crippen LogP contribution >= 0.6 is 12.4 Å². The Balaban J connectivity index is 0.00000225. The average Bonchev–Trinajstić information content (AvgIpc) is 3.16. The van der Waals surface area contributed by atoms with Crippen LogP contribution in [0, 0.1) is 5.92 Å². The van der Waals surface area contributed by atoms with Gasteiger partial charge in [-0.05, 0) is 48.9 Å². The van der Waals surface area contributed by atoms with Gasteiger partial charge in [0.15, 0.2) is 11.5 Å². The molecule has 0 amide bonds. The van der Waals surface area contributed by atoms with Crippen molar-refractivity contribution in [2.45, 2.75) is 45.3 Å². The van der Waals surface area contributed by atoms with Gasteiger partial charge in [0.1, 0.15) is 6.61 Å². The first-order chi connectivity index (χ1) is 11.8. The van der Waals surface area contributed by atoms with Gasteiger partial charge in [0, 0.05) is 6.04 Å². The molecule has 1 atom stereocenters. The summed E-state index contributed by atoms with van der Waals surface area (Å²) in [5.74, 6) is 2.16. The van der Waals surface area contributed by atoms with E-state index in [-0.39, 0.29) is 18.4 Å². The highest BCUT2D eigenvalue weighted by molar-refractivity contribution is 5.85. The van der Waals surface area contributed by atoms with Gasteiger partial charge in [-0.25, -0.2) is 0 Å². The van der Waals surface area contributed by atoms with Gasteiger partial charge in [-0.2, -0.15) is 0 Å². The van der Waals surface area contributed by atoms with E-state index in [4.69, 9.17) is 15.2 Å². The van der Waals surface area contributed by atoms with Crippen LogP contribution in [0.25, 0.3) is 0 Å². The average molecular weight is 362 g/mol. The van der Waals surface area contributed by atoms with Crippen LogP contribution in [0.1, 0.15) is 49.8 Å².